The van der Waals surface area contributed by atoms with Gasteiger partial charge in [0.1, 0.15) is 5.82 Å². The summed E-state index contributed by atoms with van der Waals surface area (Å²) < 4.78 is 0. The highest BCUT2D eigenvalue weighted by molar-refractivity contribution is 5.47. The topological polar surface area (TPSA) is 42.2 Å². The van der Waals surface area contributed by atoms with E-state index < -0.39 is 0 Å². The van der Waals surface area contributed by atoms with Gasteiger partial charge in [0.25, 0.3) is 0 Å². The van der Waals surface area contributed by atoms with Gasteiger partial charge >= 0.3 is 0 Å². The van der Waals surface area contributed by atoms with Gasteiger partial charge in [-0.2, -0.15) is 0 Å². The lowest BCUT2D eigenvalue weighted by atomic mass is 9.84. The van der Waals surface area contributed by atoms with Gasteiger partial charge in [-0.1, -0.05) is 13.3 Å². The summed E-state index contributed by atoms with van der Waals surface area (Å²) in [5, 5.41) is 0. The molecule has 1 aromatic rings. The fourth-order valence-corrected chi connectivity index (χ4v) is 3.22. The van der Waals surface area contributed by atoms with Crippen LogP contribution in [0.1, 0.15) is 50.2 Å². The summed E-state index contributed by atoms with van der Waals surface area (Å²) in [6, 6.07) is 2.81. The van der Waals surface area contributed by atoms with Crippen LogP contribution in [0.15, 0.2) is 12.3 Å². The molecular formula is C16H27N3. The van der Waals surface area contributed by atoms with Gasteiger partial charge in [-0.05, 0) is 55.7 Å². The smallest absolute Gasteiger partial charge is 0.131 e. The van der Waals surface area contributed by atoms with E-state index in [-0.39, 0.29) is 0 Å². The Morgan fingerprint density at radius 3 is 2.53 bits per heavy atom. The van der Waals surface area contributed by atoms with E-state index in [1.807, 2.05) is 6.20 Å². The van der Waals surface area contributed by atoms with E-state index in [1.165, 1.54) is 37.7 Å². The first-order chi connectivity index (χ1) is 9.15. The van der Waals surface area contributed by atoms with Crippen LogP contribution in [0, 0.1) is 12.8 Å². The molecule has 0 bridgehead atoms. The van der Waals surface area contributed by atoms with E-state index in [9.17, 15) is 0 Å². The summed E-state index contributed by atoms with van der Waals surface area (Å²) >= 11 is 0. The fourth-order valence-electron chi connectivity index (χ4n) is 3.22. The Morgan fingerprint density at radius 2 is 2.00 bits per heavy atom. The third kappa shape index (κ3) is 3.27. The largest absolute Gasteiger partial charge is 0.356 e. The zero-order valence-corrected chi connectivity index (χ0v) is 12.5. The molecule has 1 aromatic heterocycles. The number of aromatic nitrogens is 1. The van der Waals surface area contributed by atoms with Gasteiger partial charge in [-0.15, -0.1) is 0 Å². The van der Waals surface area contributed by atoms with Gasteiger partial charge in [-0.3, -0.25) is 0 Å². The molecule has 3 heteroatoms. The lowest BCUT2D eigenvalue weighted by Gasteiger charge is -2.35. The highest BCUT2D eigenvalue weighted by atomic mass is 15.2. The van der Waals surface area contributed by atoms with E-state index in [0.29, 0.717) is 12.6 Å². The number of rotatable bonds is 4. The Hall–Kier alpha value is -1.09. The molecule has 0 radical (unpaired) electrons. The number of nitrogens with two attached hydrogens (primary N) is 1. The first-order valence-corrected chi connectivity index (χ1v) is 7.54. The third-order valence-electron chi connectivity index (χ3n) is 4.62. The standard InChI is InChI=1S/C16H27N3/c1-4-13-5-7-15(8-6-13)19(3)16-12(2)9-14(10-17)11-18-16/h9,11,13,15H,4-8,10,17H2,1-3H3. The number of hydrogen-bond acceptors (Lipinski definition) is 3. The molecule has 0 aliphatic heterocycles. The van der Waals surface area contributed by atoms with Crippen molar-refractivity contribution in [1.29, 1.82) is 0 Å². The average molecular weight is 261 g/mol. The first-order valence-electron chi connectivity index (χ1n) is 7.54. The Kier molecular flexibility index (Phi) is 4.81. The maximum absolute atomic E-state index is 5.66. The van der Waals surface area contributed by atoms with Gasteiger partial charge < -0.3 is 10.6 Å². The molecule has 106 valence electrons. The molecule has 2 N–H and O–H groups in total. The zero-order chi connectivity index (χ0) is 13.8. The van der Waals surface area contributed by atoms with E-state index in [2.05, 4.69) is 36.8 Å². The molecule has 0 unspecified atom stereocenters. The average Bonchev–Trinajstić information content (AvgIpc) is 2.46. The van der Waals surface area contributed by atoms with Crippen LogP contribution in [0.4, 0.5) is 5.82 Å². The minimum absolute atomic E-state index is 0.569. The second-order valence-electron chi connectivity index (χ2n) is 5.88. The molecule has 1 aliphatic rings. The van der Waals surface area contributed by atoms with Gasteiger partial charge in [0.05, 0.1) is 0 Å². The molecule has 1 saturated carbocycles. The molecule has 0 spiro atoms. The van der Waals surface area contributed by atoms with Crippen molar-refractivity contribution in [3.63, 3.8) is 0 Å². The lowest BCUT2D eigenvalue weighted by Crippen LogP contribution is -2.36. The molecule has 19 heavy (non-hydrogen) atoms. The summed E-state index contributed by atoms with van der Waals surface area (Å²) in [5.41, 5.74) is 8.02. The fraction of sp³-hybridized carbons (Fsp3) is 0.688. The molecule has 1 heterocycles. The molecule has 0 amide bonds. The van der Waals surface area contributed by atoms with Crippen LogP contribution in [0.5, 0.6) is 0 Å². The van der Waals surface area contributed by atoms with Gasteiger partial charge in [0, 0.05) is 25.8 Å². The number of aryl methyl sites for hydroxylation is 1. The molecule has 2 rings (SSSR count). The van der Waals surface area contributed by atoms with Crippen molar-refractivity contribution in [2.75, 3.05) is 11.9 Å². The minimum Gasteiger partial charge on any atom is -0.356 e. The van der Waals surface area contributed by atoms with E-state index in [4.69, 9.17) is 5.73 Å². The van der Waals surface area contributed by atoms with Gasteiger partial charge in [0.15, 0.2) is 0 Å². The van der Waals surface area contributed by atoms with Crippen molar-refractivity contribution in [2.24, 2.45) is 11.7 Å². The predicted octanol–water partition coefficient (Wildman–Crippen LogP) is 3.25. The van der Waals surface area contributed by atoms with E-state index >= 15 is 0 Å². The van der Waals surface area contributed by atoms with Crippen molar-refractivity contribution in [2.45, 2.75) is 58.5 Å². The monoisotopic (exact) mass is 261 g/mol. The molecule has 0 atom stereocenters. The highest BCUT2D eigenvalue weighted by Crippen LogP contribution is 2.31. The Labute approximate surface area is 117 Å². The first kappa shape index (κ1) is 14.3. The molecule has 1 fully saturated rings. The summed E-state index contributed by atoms with van der Waals surface area (Å²) in [4.78, 5) is 6.99. The molecule has 1 aliphatic carbocycles. The Balaban J connectivity index is 2.05. The predicted molar refractivity (Wildman–Crippen MR) is 81.3 cm³/mol. The van der Waals surface area contributed by atoms with Gasteiger partial charge in [0.2, 0.25) is 0 Å². The number of pyridine rings is 1. The Morgan fingerprint density at radius 1 is 1.32 bits per heavy atom. The highest BCUT2D eigenvalue weighted by Gasteiger charge is 2.24. The molecule has 0 aromatic carbocycles. The second kappa shape index (κ2) is 6.38. The van der Waals surface area contributed by atoms with Crippen LogP contribution in [-0.4, -0.2) is 18.1 Å². The molecular weight excluding hydrogens is 234 g/mol. The number of anilines is 1. The van der Waals surface area contributed by atoms with Crippen LogP contribution >= 0.6 is 0 Å². The summed E-state index contributed by atoms with van der Waals surface area (Å²) in [6.07, 6.45) is 8.58. The maximum atomic E-state index is 5.66. The third-order valence-corrected chi connectivity index (χ3v) is 4.62. The maximum Gasteiger partial charge on any atom is 0.131 e. The second-order valence-corrected chi connectivity index (χ2v) is 5.88. The number of nitrogens with zero attached hydrogens (tertiary/aromatic N) is 2. The van der Waals surface area contributed by atoms with Crippen LogP contribution in [-0.2, 0) is 6.54 Å². The molecule has 0 saturated heterocycles. The Bertz CT molecular complexity index is 408. The normalized spacial score (nSPS) is 23.4. The summed E-state index contributed by atoms with van der Waals surface area (Å²) in [7, 11) is 2.19. The quantitative estimate of drug-likeness (QED) is 0.904. The van der Waals surface area contributed by atoms with Crippen molar-refractivity contribution < 1.29 is 0 Å². The molecule has 3 nitrogen and oxygen atoms in total. The van der Waals surface area contributed by atoms with Crippen molar-refractivity contribution in [3.05, 3.63) is 23.4 Å². The summed E-state index contributed by atoms with van der Waals surface area (Å²) in [5.74, 6) is 2.07. The summed E-state index contributed by atoms with van der Waals surface area (Å²) in [6.45, 7) is 5.01. The SMILES string of the molecule is CCC1CCC(N(C)c2ncc(CN)cc2C)CC1. The van der Waals surface area contributed by atoms with Crippen molar-refractivity contribution in [1.82, 2.24) is 4.98 Å². The lowest BCUT2D eigenvalue weighted by molar-refractivity contribution is 0.312. The zero-order valence-electron chi connectivity index (χ0n) is 12.5. The van der Waals surface area contributed by atoms with Crippen molar-refractivity contribution >= 4 is 5.82 Å². The van der Waals surface area contributed by atoms with E-state index in [1.54, 1.807) is 0 Å². The van der Waals surface area contributed by atoms with Crippen LogP contribution < -0.4 is 10.6 Å². The number of hydrogen-bond donors (Lipinski definition) is 1. The van der Waals surface area contributed by atoms with Crippen LogP contribution in [0.2, 0.25) is 0 Å². The van der Waals surface area contributed by atoms with Crippen LogP contribution in [0.25, 0.3) is 0 Å². The van der Waals surface area contributed by atoms with Gasteiger partial charge in [-0.25, -0.2) is 4.98 Å². The van der Waals surface area contributed by atoms with E-state index in [0.717, 1.165) is 17.3 Å². The minimum atomic E-state index is 0.569. The van der Waals surface area contributed by atoms with Crippen LogP contribution in [0.3, 0.4) is 0 Å². The van der Waals surface area contributed by atoms with Crippen molar-refractivity contribution in [3.8, 4) is 0 Å².